The van der Waals surface area contributed by atoms with E-state index in [1.165, 1.54) is 0 Å². The molecule has 0 fully saturated rings. The highest BCUT2D eigenvalue weighted by Gasteiger charge is 2.29. The topological polar surface area (TPSA) is 169 Å². The van der Waals surface area contributed by atoms with Crippen LogP contribution in [0.15, 0.2) is 18.2 Å². The van der Waals surface area contributed by atoms with Crippen LogP contribution >= 0.6 is 0 Å². The Morgan fingerprint density at radius 2 is 2.06 bits per heavy atom. The molecule has 1 atom stereocenters. The number of anilines is 1. The van der Waals surface area contributed by atoms with E-state index in [9.17, 15) is 14.4 Å². The van der Waals surface area contributed by atoms with Gasteiger partial charge in [0.05, 0.1) is 23.9 Å². The lowest BCUT2D eigenvalue weighted by Gasteiger charge is -2.27. The molecule has 3 heterocycles. The van der Waals surface area contributed by atoms with Gasteiger partial charge in [-0.2, -0.15) is 5.10 Å². The summed E-state index contributed by atoms with van der Waals surface area (Å²) in [6, 6.07) is 4.63. The summed E-state index contributed by atoms with van der Waals surface area (Å²) in [5.41, 5.74) is 13.0. The first-order chi connectivity index (χ1) is 15.8. The molecular formula is C21H25N7O5. The molecule has 3 aromatic rings. The minimum absolute atomic E-state index is 0.161. The van der Waals surface area contributed by atoms with E-state index in [1.54, 1.807) is 22.9 Å². The van der Waals surface area contributed by atoms with Gasteiger partial charge in [0.1, 0.15) is 23.6 Å². The van der Waals surface area contributed by atoms with Crippen molar-refractivity contribution in [1.82, 2.24) is 19.3 Å². The molecule has 0 saturated heterocycles. The molecule has 0 aliphatic carbocycles. The Morgan fingerprint density at radius 3 is 2.76 bits per heavy atom. The third-order valence-electron chi connectivity index (χ3n) is 5.42. The third-order valence-corrected chi connectivity index (χ3v) is 5.42. The zero-order chi connectivity index (χ0) is 23.7. The average molecular weight is 455 g/mol. The molecule has 4 rings (SSSR count). The molecule has 0 bridgehead atoms. The maximum Gasteiger partial charge on any atom is 0.404 e. The highest BCUT2D eigenvalue weighted by molar-refractivity contribution is 6.04. The summed E-state index contributed by atoms with van der Waals surface area (Å²) >= 11 is 0. The van der Waals surface area contributed by atoms with E-state index in [-0.39, 0.29) is 30.7 Å². The van der Waals surface area contributed by atoms with E-state index in [4.69, 9.17) is 20.9 Å². The summed E-state index contributed by atoms with van der Waals surface area (Å²) in [6.45, 7) is 4.68. The molecule has 0 saturated carbocycles. The normalized spacial score (nSPS) is 14.7. The maximum absolute atomic E-state index is 13.1. The van der Waals surface area contributed by atoms with Crippen LogP contribution in [0.3, 0.4) is 0 Å². The van der Waals surface area contributed by atoms with Gasteiger partial charge in [-0.15, -0.1) is 0 Å². The molecule has 1 aliphatic rings. The number of amides is 3. The van der Waals surface area contributed by atoms with Crippen LogP contribution in [0.5, 0.6) is 5.75 Å². The van der Waals surface area contributed by atoms with E-state index in [0.29, 0.717) is 47.8 Å². The first-order valence-electron chi connectivity index (χ1n) is 10.5. The van der Waals surface area contributed by atoms with E-state index in [1.807, 2.05) is 18.4 Å². The Labute approximate surface area is 188 Å². The SMILES string of the molecule is CCn1nc(C)cc1C(=O)Nc1nc2cc(C(N)=O)cc3c2n1[C@@H](CCCOC(N)=O)CO3. The summed E-state index contributed by atoms with van der Waals surface area (Å²) in [6.07, 6.45) is 0.269. The number of carbonyl (C=O) groups is 3. The van der Waals surface area contributed by atoms with Crippen molar-refractivity contribution in [3.05, 3.63) is 35.2 Å². The van der Waals surface area contributed by atoms with Crippen molar-refractivity contribution in [3.63, 3.8) is 0 Å². The molecular weight excluding hydrogens is 430 g/mol. The molecule has 1 aromatic carbocycles. The number of nitrogens with zero attached hydrogens (tertiary/aromatic N) is 4. The number of primary amides is 2. The zero-order valence-electron chi connectivity index (χ0n) is 18.3. The molecule has 12 nitrogen and oxygen atoms in total. The fourth-order valence-corrected chi connectivity index (χ4v) is 3.99. The number of hydrogen-bond acceptors (Lipinski definition) is 7. The lowest BCUT2D eigenvalue weighted by molar-refractivity contribution is 0.0995. The number of imidazole rings is 1. The van der Waals surface area contributed by atoms with Crippen LogP contribution < -0.4 is 21.5 Å². The second-order valence-corrected chi connectivity index (χ2v) is 7.73. The molecule has 174 valence electrons. The number of nitrogens with one attached hydrogen (secondary N) is 1. The smallest absolute Gasteiger partial charge is 0.404 e. The monoisotopic (exact) mass is 455 g/mol. The van der Waals surface area contributed by atoms with Gasteiger partial charge >= 0.3 is 6.09 Å². The van der Waals surface area contributed by atoms with Crippen LogP contribution in [0.4, 0.5) is 10.7 Å². The number of hydrogen-bond donors (Lipinski definition) is 3. The van der Waals surface area contributed by atoms with Gasteiger partial charge in [0.25, 0.3) is 5.91 Å². The molecule has 0 radical (unpaired) electrons. The van der Waals surface area contributed by atoms with Gasteiger partial charge in [0.15, 0.2) is 0 Å². The molecule has 1 aliphatic heterocycles. The average Bonchev–Trinajstić information content (AvgIpc) is 3.33. The van der Waals surface area contributed by atoms with Crippen LogP contribution in [0, 0.1) is 6.92 Å². The lowest BCUT2D eigenvalue weighted by atomic mass is 10.1. The van der Waals surface area contributed by atoms with Gasteiger partial charge in [-0.1, -0.05) is 0 Å². The van der Waals surface area contributed by atoms with E-state index in [2.05, 4.69) is 15.4 Å². The predicted octanol–water partition coefficient (Wildman–Crippen LogP) is 1.72. The maximum atomic E-state index is 13.1. The van der Waals surface area contributed by atoms with Gasteiger partial charge < -0.3 is 25.5 Å². The van der Waals surface area contributed by atoms with Crippen LogP contribution in [-0.2, 0) is 11.3 Å². The lowest BCUT2D eigenvalue weighted by Crippen LogP contribution is -2.26. The minimum atomic E-state index is -0.833. The van der Waals surface area contributed by atoms with Gasteiger partial charge in [0.2, 0.25) is 11.9 Å². The second kappa shape index (κ2) is 8.81. The van der Waals surface area contributed by atoms with Crippen molar-refractivity contribution >= 4 is 34.9 Å². The first-order valence-corrected chi connectivity index (χ1v) is 10.5. The fraction of sp³-hybridized carbons (Fsp3) is 0.381. The van der Waals surface area contributed by atoms with Gasteiger partial charge in [0, 0.05) is 12.1 Å². The minimum Gasteiger partial charge on any atom is -0.489 e. The molecule has 5 N–H and O–H groups in total. The van der Waals surface area contributed by atoms with Crippen molar-refractivity contribution in [2.45, 2.75) is 39.3 Å². The zero-order valence-corrected chi connectivity index (χ0v) is 18.3. The summed E-state index contributed by atoms with van der Waals surface area (Å²) in [7, 11) is 0. The van der Waals surface area contributed by atoms with Gasteiger partial charge in [-0.25, -0.2) is 9.78 Å². The van der Waals surface area contributed by atoms with E-state index < -0.39 is 12.0 Å². The number of aryl methyl sites for hydroxylation is 2. The van der Waals surface area contributed by atoms with Gasteiger partial charge in [-0.3, -0.25) is 19.6 Å². The quantitative estimate of drug-likeness (QED) is 0.434. The number of carbonyl (C=O) groups excluding carboxylic acids is 3. The Kier molecular flexibility index (Phi) is 5.90. The van der Waals surface area contributed by atoms with Crippen LogP contribution in [0.1, 0.15) is 52.3 Å². The van der Waals surface area contributed by atoms with E-state index >= 15 is 0 Å². The Bertz CT molecular complexity index is 1250. The molecule has 0 spiro atoms. The molecule has 0 unspecified atom stereocenters. The Morgan fingerprint density at radius 1 is 1.27 bits per heavy atom. The van der Waals surface area contributed by atoms with Crippen molar-refractivity contribution in [3.8, 4) is 5.75 Å². The number of nitrogens with two attached hydrogens (primary N) is 2. The number of benzene rings is 1. The largest absolute Gasteiger partial charge is 0.489 e. The number of ether oxygens (including phenoxy) is 2. The number of aromatic nitrogens is 4. The Hall–Kier alpha value is -4.09. The van der Waals surface area contributed by atoms with Crippen LogP contribution in [-0.4, -0.2) is 50.5 Å². The van der Waals surface area contributed by atoms with Crippen LogP contribution in [0.2, 0.25) is 0 Å². The molecule has 2 aromatic heterocycles. The van der Waals surface area contributed by atoms with Crippen molar-refractivity contribution < 1.29 is 23.9 Å². The fourth-order valence-electron chi connectivity index (χ4n) is 3.99. The highest BCUT2D eigenvalue weighted by atomic mass is 16.5. The molecule has 33 heavy (non-hydrogen) atoms. The first kappa shape index (κ1) is 22.1. The Balaban J connectivity index is 1.71. The second-order valence-electron chi connectivity index (χ2n) is 7.73. The van der Waals surface area contributed by atoms with Gasteiger partial charge in [-0.05, 0) is 44.9 Å². The van der Waals surface area contributed by atoms with E-state index in [0.717, 1.165) is 5.69 Å². The standard InChI is InChI=1S/C21H25N7O5/c1-3-27-15(7-11(2)26-27)19(30)25-21-24-14-8-12(18(22)29)9-16-17(14)28(21)13(10-33-16)5-4-6-32-20(23)31/h7-9,13H,3-6,10H2,1-2H3,(H2,22,29)(H2,23,31)(H,24,25,30)/t13-/m0/s1. The third kappa shape index (κ3) is 4.31. The summed E-state index contributed by atoms with van der Waals surface area (Å²) in [5, 5.41) is 7.20. The van der Waals surface area contributed by atoms with Crippen molar-refractivity contribution in [2.75, 3.05) is 18.5 Å². The predicted molar refractivity (Wildman–Crippen MR) is 118 cm³/mol. The van der Waals surface area contributed by atoms with Crippen molar-refractivity contribution in [1.29, 1.82) is 0 Å². The summed E-state index contributed by atoms with van der Waals surface area (Å²) < 4.78 is 14.2. The summed E-state index contributed by atoms with van der Waals surface area (Å²) in [4.78, 5) is 40.2. The molecule has 3 amide bonds. The summed E-state index contributed by atoms with van der Waals surface area (Å²) in [5.74, 6) is -0.204. The number of rotatable bonds is 8. The van der Waals surface area contributed by atoms with Crippen molar-refractivity contribution in [2.24, 2.45) is 11.5 Å². The molecule has 12 heteroatoms. The highest BCUT2D eigenvalue weighted by Crippen LogP contribution is 2.38. The van der Waals surface area contributed by atoms with Crippen LogP contribution in [0.25, 0.3) is 11.0 Å².